The van der Waals surface area contributed by atoms with Crippen molar-refractivity contribution in [2.45, 2.75) is 12.3 Å². The number of pyridine rings is 1. The number of halogens is 1. The summed E-state index contributed by atoms with van der Waals surface area (Å²) in [7, 11) is 0. The molecule has 5 heteroatoms. The number of anilines is 1. The number of rotatable bonds is 3. The van der Waals surface area contributed by atoms with E-state index in [1.54, 1.807) is 6.20 Å². The quantitative estimate of drug-likeness (QED) is 0.748. The summed E-state index contributed by atoms with van der Waals surface area (Å²) < 4.78 is 0. The van der Waals surface area contributed by atoms with Crippen LogP contribution in [-0.2, 0) is 0 Å². The van der Waals surface area contributed by atoms with Gasteiger partial charge in [-0.1, -0.05) is 36.4 Å². The van der Waals surface area contributed by atoms with Crippen LogP contribution in [0.3, 0.4) is 0 Å². The van der Waals surface area contributed by atoms with E-state index >= 15 is 0 Å². The van der Waals surface area contributed by atoms with Crippen LogP contribution in [0.4, 0.5) is 5.69 Å². The number of fused-ring (bicyclic) bond motifs is 1. The molecule has 0 bridgehead atoms. The lowest BCUT2D eigenvalue weighted by atomic mass is 9.98. The van der Waals surface area contributed by atoms with Gasteiger partial charge in [-0.2, -0.15) is 0 Å². The molecule has 128 valence electrons. The van der Waals surface area contributed by atoms with Gasteiger partial charge in [0.2, 0.25) is 0 Å². The molecule has 2 aromatic carbocycles. The third kappa shape index (κ3) is 3.65. The number of amides is 1. The number of nitrogens with zero attached hydrogens (tertiary/aromatic N) is 1. The molecule has 2 N–H and O–H groups in total. The number of benzene rings is 2. The van der Waals surface area contributed by atoms with E-state index in [1.165, 1.54) is 12.0 Å². The third-order valence-electron chi connectivity index (χ3n) is 4.59. The van der Waals surface area contributed by atoms with Gasteiger partial charge >= 0.3 is 0 Å². The third-order valence-corrected chi connectivity index (χ3v) is 4.59. The molecule has 1 aliphatic heterocycles. The highest BCUT2D eigenvalue weighted by molar-refractivity contribution is 6.11. The second-order valence-corrected chi connectivity index (χ2v) is 6.15. The second-order valence-electron chi connectivity index (χ2n) is 6.15. The minimum atomic E-state index is -0.179. The lowest BCUT2D eigenvalue weighted by Gasteiger charge is -2.11. The van der Waals surface area contributed by atoms with Crippen LogP contribution in [0.5, 0.6) is 0 Å². The van der Waals surface area contributed by atoms with Crippen molar-refractivity contribution in [3.8, 4) is 0 Å². The van der Waals surface area contributed by atoms with Crippen molar-refractivity contribution in [3.05, 3.63) is 72.1 Å². The average molecular weight is 354 g/mol. The molecule has 0 unspecified atom stereocenters. The molecule has 1 aliphatic rings. The fourth-order valence-corrected chi connectivity index (χ4v) is 3.27. The first-order valence-electron chi connectivity index (χ1n) is 8.27. The van der Waals surface area contributed by atoms with Crippen LogP contribution in [0.1, 0.15) is 28.4 Å². The van der Waals surface area contributed by atoms with E-state index in [0.29, 0.717) is 11.6 Å². The second kappa shape index (κ2) is 7.64. The Labute approximate surface area is 153 Å². The van der Waals surface area contributed by atoms with Gasteiger partial charge in [0.1, 0.15) is 5.69 Å². The van der Waals surface area contributed by atoms with Crippen LogP contribution in [0.15, 0.2) is 60.8 Å². The van der Waals surface area contributed by atoms with Gasteiger partial charge < -0.3 is 10.6 Å². The standard InChI is InChI=1S/C20H19N3O.ClH/c24-20(19-18-4-2-1-3-15(18)10-12-22-19)23-17-7-5-14(6-8-17)16-9-11-21-13-16;/h1-8,10,12,16,21H,9,11,13H2,(H,23,24);1H/t16-;/m0./s1. The normalized spacial score (nSPS) is 16.4. The van der Waals surface area contributed by atoms with E-state index in [0.717, 1.165) is 29.5 Å². The maximum absolute atomic E-state index is 12.6. The lowest BCUT2D eigenvalue weighted by Crippen LogP contribution is -2.14. The van der Waals surface area contributed by atoms with E-state index in [9.17, 15) is 4.79 Å². The van der Waals surface area contributed by atoms with E-state index in [1.807, 2.05) is 42.5 Å². The van der Waals surface area contributed by atoms with Gasteiger partial charge in [0.15, 0.2) is 0 Å². The van der Waals surface area contributed by atoms with E-state index in [4.69, 9.17) is 0 Å². The Morgan fingerprint density at radius 1 is 1.08 bits per heavy atom. The summed E-state index contributed by atoms with van der Waals surface area (Å²) in [6.07, 6.45) is 2.85. The van der Waals surface area contributed by atoms with Gasteiger partial charge in [-0.3, -0.25) is 9.78 Å². The smallest absolute Gasteiger partial charge is 0.274 e. The van der Waals surface area contributed by atoms with Gasteiger partial charge in [0.05, 0.1) is 0 Å². The zero-order chi connectivity index (χ0) is 16.4. The Morgan fingerprint density at radius 3 is 2.64 bits per heavy atom. The van der Waals surface area contributed by atoms with E-state index < -0.39 is 0 Å². The van der Waals surface area contributed by atoms with Crippen molar-refractivity contribution in [2.24, 2.45) is 0 Å². The Hall–Kier alpha value is -2.43. The Morgan fingerprint density at radius 2 is 1.88 bits per heavy atom. The van der Waals surface area contributed by atoms with Crippen molar-refractivity contribution >= 4 is 34.8 Å². The highest BCUT2D eigenvalue weighted by Gasteiger charge is 2.16. The Balaban J connectivity index is 0.00000182. The van der Waals surface area contributed by atoms with Crippen molar-refractivity contribution in [1.82, 2.24) is 10.3 Å². The van der Waals surface area contributed by atoms with Gasteiger partial charge in [-0.15, -0.1) is 12.4 Å². The topological polar surface area (TPSA) is 54.0 Å². The van der Waals surface area contributed by atoms with Crippen LogP contribution < -0.4 is 10.6 Å². The molecule has 4 nitrogen and oxygen atoms in total. The summed E-state index contributed by atoms with van der Waals surface area (Å²) in [5.74, 6) is 0.400. The molecule has 0 spiro atoms. The first-order valence-corrected chi connectivity index (χ1v) is 8.27. The predicted octanol–water partition coefficient (Wildman–Crippen LogP) is 3.99. The van der Waals surface area contributed by atoms with Gasteiger partial charge in [0, 0.05) is 23.8 Å². The number of aromatic nitrogens is 1. The molecular weight excluding hydrogens is 334 g/mol. The molecule has 0 radical (unpaired) electrons. The summed E-state index contributed by atoms with van der Waals surface area (Å²) >= 11 is 0. The summed E-state index contributed by atoms with van der Waals surface area (Å²) in [4.78, 5) is 16.8. The highest BCUT2D eigenvalue weighted by Crippen LogP contribution is 2.24. The molecule has 2 heterocycles. The molecule has 1 saturated heterocycles. The number of nitrogens with one attached hydrogen (secondary N) is 2. The minimum Gasteiger partial charge on any atom is -0.321 e. The Bertz CT molecular complexity index is 868. The van der Waals surface area contributed by atoms with Crippen LogP contribution in [0.2, 0.25) is 0 Å². The lowest BCUT2D eigenvalue weighted by molar-refractivity contribution is 0.102. The van der Waals surface area contributed by atoms with Gasteiger partial charge in [-0.05, 0) is 48.0 Å². The first kappa shape index (κ1) is 17.4. The van der Waals surface area contributed by atoms with Crippen molar-refractivity contribution in [2.75, 3.05) is 18.4 Å². The summed E-state index contributed by atoms with van der Waals surface area (Å²) in [6.45, 7) is 2.11. The highest BCUT2D eigenvalue weighted by atomic mass is 35.5. The maximum Gasteiger partial charge on any atom is 0.274 e. The molecule has 1 amide bonds. The zero-order valence-electron chi connectivity index (χ0n) is 13.7. The fraction of sp³-hybridized carbons (Fsp3) is 0.200. The van der Waals surface area contributed by atoms with Gasteiger partial charge in [0.25, 0.3) is 5.91 Å². The van der Waals surface area contributed by atoms with E-state index in [-0.39, 0.29) is 18.3 Å². The molecular formula is C20H20ClN3O. The predicted molar refractivity (Wildman–Crippen MR) is 104 cm³/mol. The van der Waals surface area contributed by atoms with Crippen LogP contribution in [0.25, 0.3) is 10.8 Å². The Kier molecular flexibility index (Phi) is 5.31. The summed E-state index contributed by atoms with van der Waals surface area (Å²) in [6, 6.07) is 17.8. The molecule has 0 saturated carbocycles. The monoisotopic (exact) mass is 353 g/mol. The SMILES string of the molecule is Cl.O=C(Nc1ccc([C@H]2CCNC2)cc1)c1nccc2ccccc12. The van der Waals surface area contributed by atoms with Gasteiger partial charge in [-0.25, -0.2) is 0 Å². The molecule has 0 aliphatic carbocycles. The number of hydrogen-bond donors (Lipinski definition) is 2. The fourth-order valence-electron chi connectivity index (χ4n) is 3.27. The molecule has 1 atom stereocenters. The minimum absolute atomic E-state index is 0. The van der Waals surface area contributed by atoms with Crippen molar-refractivity contribution < 1.29 is 4.79 Å². The van der Waals surface area contributed by atoms with Crippen LogP contribution in [0, 0.1) is 0 Å². The molecule has 1 fully saturated rings. The average Bonchev–Trinajstić information content (AvgIpc) is 3.16. The molecule has 4 rings (SSSR count). The number of carbonyl (C=O) groups is 1. The van der Waals surface area contributed by atoms with Crippen LogP contribution >= 0.6 is 12.4 Å². The number of hydrogen-bond acceptors (Lipinski definition) is 3. The first-order chi connectivity index (χ1) is 11.8. The molecule has 25 heavy (non-hydrogen) atoms. The largest absolute Gasteiger partial charge is 0.321 e. The maximum atomic E-state index is 12.6. The molecule has 3 aromatic rings. The zero-order valence-corrected chi connectivity index (χ0v) is 14.6. The molecule has 1 aromatic heterocycles. The van der Waals surface area contributed by atoms with E-state index in [2.05, 4.69) is 27.8 Å². The van der Waals surface area contributed by atoms with Crippen molar-refractivity contribution in [1.29, 1.82) is 0 Å². The number of carbonyl (C=O) groups excluding carboxylic acids is 1. The van der Waals surface area contributed by atoms with Crippen LogP contribution in [-0.4, -0.2) is 24.0 Å². The van der Waals surface area contributed by atoms with Crippen molar-refractivity contribution in [3.63, 3.8) is 0 Å². The summed E-state index contributed by atoms with van der Waals surface area (Å²) in [5, 5.41) is 8.21. The summed E-state index contributed by atoms with van der Waals surface area (Å²) in [5.41, 5.74) is 2.57.